The quantitative estimate of drug-likeness (QED) is 0.789. The lowest BCUT2D eigenvalue weighted by Crippen LogP contribution is -1.99. The normalized spacial score (nSPS) is 10.5. The molecule has 0 saturated carbocycles. The van der Waals surface area contributed by atoms with Crippen LogP contribution < -0.4 is 9.47 Å². The summed E-state index contributed by atoms with van der Waals surface area (Å²) in [5.41, 5.74) is 2.41. The van der Waals surface area contributed by atoms with E-state index in [1.807, 2.05) is 24.3 Å². The lowest BCUT2D eigenvalue weighted by molar-refractivity contribution is 0.284. The highest BCUT2D eigenvalue weighted by Gasteiger charge is 2.08. The third kappa shape index (κ3) is 3.50. The topological polar surface area (TPSA) is 18.5 Å². The molecular weight excluding hydrogens is 236 g/mol. The van der Waals surface area contributed by atoms with E-state index in [2.05, 4.69) is 38.1 Å². The number of hydrogen-bond acceptors (Lipinski definition) is 2. The van der Waals surface area contributed by atoms with Crippen LogP contribution in [-0.4, -0.2) is 7.11 Å². The first kappa shape index (κ1) is 13.5. The van der Waals surface area contributed by atoms with E-state index in [0.29, 0.717) is 12.5 Å². The summed E-state index contributed by atoms with van der Waals surface area (Å²) in [6, 6.07) is 16.3. The van der Waals surface area contributed by atoms with Gasteiger partial charge in [0.1, 0.15) is 6.61 Å². The minimum atomic E-state index is 0.477. The van der Waals surface area contributed by atoms with E-state index in [9.17, 15) is 0 Å². The summed E-state index contributed by atoms with van der Waals surface area (Å²) in [7, 11) is 1.67. The summed E-state index contributed by atoms with van der Waals surface area (Å²) in [5, 5.41) is 0. The maximum absolute atomic E-state index is 5.88. The molecule has 0 saturated heterocycles. The molecule has 0 aliphatic rings. The van der Waals surface area contributed by atoms with E-state index in [0.717, 1.165) is 17.1 Å². The molecule has 0 fully saturated rings. The molecule has 0 heterocycles. The largest absolute Gasteiger partial charge is 0.493 e. The molecule has 0 atom stereocenters. The monoisotopic (exact) mass is 256 g/mol. The molecule has 0 aromatic heterocycles. The molecule has 0 radical (unpaired) electrons. The number of ether oxygens (including phenoxy) is 2. The van der Waals surface area contributed by atoms with Crippen LogP contribution in [0.5, 0.6) is 11.5 Å². The van der Waals surface area contributed by atoms with E-state index < -0.39 is 0 Å². The van der Waals surface area contributed by atoms with Gasteiger partial charge in [0.2, 0.25) is 0 Å². The molecule has 100 valence electrons. The summed E-state index contributed by atoms with van der Waals surface area (Å²) in [5.74, 6) is 2.06. The highest BCUT2D eigenvalue weighted by molar-refractivity contribution is 5.43. The Bertz CT molecular complexity index is 518. The fourth-order valence-corrected chi connectivity index (χ4v) is 1.90. The van der Waals surface area contributed by atoms with Crippen LogP contribution in [0.25, 0.3) is 0 Å². The van der Waals surface area contributed by atoms with Crippen LogP contribution in [0.1, 0.15) is 30.9 Å². The number of rotatable bonds is 5. The standard InChI is InChI=1S/C17H20O2/c1-13(2)15-9-10-16(18-3)17(11-15)19-12-14-7-5-4-6-8-14/h4-11,13H,12H2,1-3H3. The van der Waals surface area contributed by atoms with Crippen LogP contribution in [-0.2, 0) is 6.61 Å². The Kier molecular flexibility index (Phi) is 4.45. The average molecular weight is 256 g/mol. The van der Waals surface area contributed by atoms with E-state index in [4.69, 9.17) is 9.47 Å². The summed E-state index contributed by atoms with van der Waals surface area (Å²) >= 11 is 0. The molecular formula is C17H20O2. The van der Waals surface area contributed by atoms with Crippen molar-refractivity contribution in [1.29, 1.82) is 0 Å². The van der Waals surface area contributed by atoms with Gasteiger partial charge in [-0.05, 0) is 29.2 Å². The smallest absolute Gasteiger partial charge is 0.161 e. The van der Waals surface area contributed by atoms with Crippen molar-refractivity contribution < 1.29 is 9.47 Å². The first-order valence-electron chi connectivity index (χ1n) is 6.55. The third-order valence-electron chi connectivity index (χ3n) is 3.09. The fourth-order valence-electron chi connectivity index (χ4n) is 1.90. The van der Waals surface area contributed by atoms with Crippen LogP contribution in [0.3, 0.4) is 0 Å². The van der Waals surface area contributed by atoms with Gasteiger partial charge >= 0.3 is 0 Å². The predicted molar refractivity (Wildman–Crippen MR) is 77.9 cm³/mol. The van der Waals surface area contributed by atoms with E-state index in [1.165, 1.54) is 5.56 Å². The van der Waals surface area contributed by atoms with Crippen molar-refractivity contribution in [1.82, 2.24) is 0 Å². The predicted octanol–water partition coefficient (Wildman–Crippen LogP) is 4.40. The highest BCUT2D eigenvalue weighted by atomic mass is 16.5. The van der Waals surface area contributed by atoms with Crippen molar-refractivity contribution in [2.75, 3.05) is 7.11 Å². The summed E-state index contributed by atoms with van der Waals surface area (Å²) in [6.07, 6.45) is 0. The molecule has 2 aromatic carbocycles. The Labute approximate surface area is 115 Å². The molecule has 0 spiro atoms. The molecule has 19 heavy (non-hydrogen) atoms. The molecule has 0 bridgehead atoms. The number of benzene rings is 2. The average Bonchev–Trinajstić information content (AvgIpc) is 2.45. The van der Waals surface area contributed by atoms with E-state index in [-0.39, 0.29) is 0 Å². The molecule has 2 rings (SSSR count). The lowest BCUT2D eigenvalue weighted by Gasteiger charge is -2.14. The second kappa shape index (κ2) is 6.28. The number of hydrogen-bond donors (Lipinski definition) is 0. The summed E-state index contributed by atoms with van der Waals surface area (Å²) in [6.45, 7) is 4.89. The Morgan fingerprint density at radius 3 is 2.32 bits per heavy atom. The van der Waals surface area contributed by atoms with Gasteiger partial charge in [-0.25, -0.2) is 0 Å². The van der Waals surface area contributed by atoms with Gasteiger partial charge in [-0.2, -0.15) is 0 Å². The van der Waals surface area contributed by atoms with Crippen LogP contribution in [0.4, 0.5) is 0 Å². The molecule has 2 nitrogen and oxygen atoms in total. The van der Waals surface area contributed by atoms with Gasteiger partial charge in [-0.1, -0.05) is 50.2 Å². The van der Waals surface area contributed by atoms with Crippen LogP contribution in [0.2, 0.25) is 0 Å². The minimum absolute atomic E-state index is 0.477. The maximum Gasteiger partial charge on any atom is 0.161 e. The SMILES string of the molecule is COc1ccc(C(C)C)cc1OCc1ccccc1. The number of methoxy groups -OCH3 is 1. The minimum Gasteiger partial charge on any atom is -0.493 e. The first-order chi connectivity index (χ1) is 9.20. The zero-order chi connectivity index (χ0) is 13.7. The van der Waals surface area contributed by atoms with Crippen LogP contribution in [0.15, 0.2) is 48.5 Å². The fraction of sp³-hybridized carbons (Fsp3) is 0.294. The Balaban J connectivity index is 2.16. The molecule has 0 N–H and O–H groups in total. The molecule has 0 amide bonds. The van der Waals surface area contributed by atoms with Crippen molar-refractivity contribution >= 4 is 0 Å². The van der Waals surface area contributed by atoms with Gasteiger partial charge in [0, 0.05) is 0 Å². The van der Waals surface area contributed by atoms with Crippen molar-refractivity contribution in [3.8, 4) is 11.5 Å². The molecule has 2 heteroatoms. The van der Waals surface area contributed by atoms with Crippen LogP contribution in [0, 0.1) is 0 Å². The van der Waals surface area contributed by atoms with Crippen molar-refractivity contribution in [3.63, 3.8) is 0 Å². The molecule has 0 aliphatic heterocycles. The zero-order valence-corrected chi connectivity index (χ0v) is 11.7. The molecule has 2 aromatic rings. The van der Waals surface area contributed by atoms with Gasteiger partial charge < -0.3 is 9.47 Å². The van der Waals surface area contributed by atoms with Crippen molar-refractivity contribution in [2.45, 2.75) is 26.4 Å². The van der Waals surface area contributed by atoms with E-state index >= 15 is 0 Å². The van der Waals surface area contributed by atoms with Gasteiger partial charge in [0.25, 0.3) is 0 Å². The van der Waals surface area contributed by atoms with Crippen LogP contribution >= 0.6 is 0 Å². The second-order valence-corrected chi connectivity index (χ2v) is 4.84. The molecule has 0 aliphatic carbocycles. The Hall–Kier alpha value is -1.96. The maximum atomic E-state index is 5.88. The van der Waals surface area contributed by atoms with Crippen molar-refractivity contribution in [3.05, 3.63) is 59.7 Å². The first-order valence-corrected chi connectivity index (χ1v) is 6.55. The zero-order valence-electron chi connectivity index (χ0n) is 11.7. The van der Waals surface area contributed by atoms with Gasteiger partial charge in [-0.15, -0.1) is 0 Å². The summed E-state index contributed by atoms with van der Waals surface area (Å²) in [4.78, 5) is 0. The summed E-state index contributed by atoms with van der Waals surface area (Å²) < 4.78 is 11.2. The molecule has 0 unspecified atom stereocenters. The lowest BCUT2D eigenvalue weighted by atomic mass is 10.0. The highest BCUT2D eigenvalue weighted by Crippen LogP contribution is 2.31. The second-order valence-electron chi connectivity index (χ2n) is 4.84. The van der Waals surface area contributed by atoms with Gasteiger partial charge in [0.05, 0.1) is 7.11 Å². The Morgan fingerprint density at radius 1 is 0.947 bits per heavy atom. The van der Waals surface area contributed by atoms with Gasteiger partial charge in [-0.3, -0.25) is 0 Å². The Morgan fingerprint density at radius 2 is 1.68 bits per heavy atom. The van der Waals surface area contributed by atoms with Gasteiger partial charge in [0.15, 0.2) is 11.5 Å². The van der Waals surface area contributed by atoms with E-state index in [1.54, 1.807) is 7.11 Å². The third-order valence-corrected chi connectivity index (χ3v) is 3.09. The van der Waals surface area contributed by atoms with Crippen molar-refractivity contribution in [2.24, 2.45) is 0 Å².